The average molecular weight is 282 g/mol. The molecule has 0 bridgehead atoms. The summed E-state index contributed by atoms with van der Waals surface area (Å²) < 4.78 is 5.45. The number of amides is 2. The molecule has 1 heterocycles. The van der Waals surface area contributed by atoms with Crippen molar-refractivity contribution in [3.05, 3.63) is 12.7 Å². The predicted octanol–water partition coefficient (Wildman–Crippen LogP) is 1.48. The summed E-state index contributed by atoms with van der Waals surface area (Å²) in [6.45, 7) is 9.10. The highest BCUT2D eigenvalue weighted by atomic mass is 16.5. The Morgan fingerprint density at radius 2 is 2.10 bits per heavy atom. The van der Waals surface area contributed by atoms with E-state index in [0.717, 1.165) is 12.8 Å². The molecule has 0 aromatic heterocycles. The maximum absolute atomic E-state index is 12.4. The number of hydrogen-bond acceptors (Lipinski definition) is 3. The molecule has 1 N–H and O–H groups in total. The van der Waals surface area contributed by atoms with Crippen molar-refractivity contribution in [1.82, 2.24) is 10.2 Å². The zero-order valence-electron chi connectivity index (χ0n) is 12.6. The van der Waals surface area contributed by atoms with E-state index in [9.17, 15) is 9.59 Å². The van der Waals surface area contributed by atoms with Crippen LogP contribution in [-0.4, -0.2) is 48.6 Å². The molecule has 1 aliphatic rings. The Hall–Kier alpha value is -1.36. The monoisotopic (exact) mass is 282 g/mol. The molecule has 2 amide bonds. The Bertz CT molecular complexity index is 344. The second-order valence-electron chi connectivity index (χ2n) is 5.00. The highest BCUT2D eigenvalue weighted by Crippen LogP contribution is 2.15. The Balaban J connectivity index is 2.58. The van der Waals surface area contributed by atoms with E-state index in [1.807, 2.05) is 13.8 Å². The first-order chi connectivity index (χ1) is 9.65. The molecular weight excluding hydrogens is 256 g/mol. The maximum atomic E-state index is 12.4. The van der Waals surface area contributed by atoms with Crippen LogP contribution in [0.1, 0.15) is 39.5 Å². The molecule has 5 nitrogen and oxygen atoms in total. The minimum absolute atomic E-state index is 0.0191. The third-order valence-electron chi connectivity index (χ3n) is 3.48. The topological polar surface area (TPSA) is 58.6 Å². The zero-order chi connectivity index (χ0) is 15.0. The quantitative estimate of drug-likeness (QED) is 0.515. The number of nitrogens with one attached hydrogen (secondary N) is 1. The van der Waals surface area contributed by atoms with E-state index >= 15 is 0 Å². The largest absolute Gasteiger partial charge is 0.379 e. The predicted molar refractivity (Wildman–Crippen MR) is 78.3 cm³/mol. The van der Waals surface area contributed by atoms with Crippen LogP contribution in [0.15, 0.2) is 12.7 Å². The summed E-state index contributed by atoms with van der Waals surface area (Å²) in [5, 5.41) is 2.82. The molecule has 0 aromatic carbocycles. The van der Waals surface area contributed by atoms with Crippen molar-refractivity contribution in [2.45, 2.75) is 51.6 Å². The van der Waals surface area contributed by atoms with Crippen molar-refractivity contribution in [2.75, 3.05) is 19.8 Å². The lowest BCUT2D eigenvalue weighted by molar-refractivity contribution is -0.150. The Morgan fingerprint density at radius 1 is 1.35 bits per heavy atom. The first-order valence-corrected chi connectivity index (χ1v) is 7.45. The van der Waals surface area contributed by atoms with Gasteiger partial charge in [-0.2, -0.15) is 0 Å². The molecule has 0 saturated carbocycles. The number of carbonyl (C=O) groups excluding carboxylic acids is 2. The lowest BCUT2D eigenvalue weighted by Crippen LogP contribution is -2.63. The van der Waals surface area contributed by atoms with E-state index in [1.54, 1.807) is 11.0 Å². The van der Waals surface area contributed by atoms with Crippen molar-refractivity contribution in [3.8, 4) is 0 Å². The summed E-state index contributed by atoms with van der Waals surface area (Å²) in [6, 6.07) is -0.734. The third-order valence-corrected chi connectivity index (χ3v) is 3.48. The van der Waals surface area contributed by atoms with E-state index in [-0.39, 0.29) is 23.9 Å². The first kappa shape index (κ1) is 16.7. The molecule has 1 fully saturated rings. The summed E-state index contributed by atoms with van der Waals surface area (Å²) >= 11 is 0. The van der Waals surface area contributed by atoms with Gasteiger partial charge in [-0.15, -0.1) is 6.58 Å². The van der Waals surface area contributed by atoms with E-state index in [1.165, 1.54) is 0 Å². The standard InChI is InChI=1S/C15H26N2O3/c1-4-7-10-20-11-9-17-13(6-3)14(18)16-12(8-5-2)15(17)19/h4,12-13H,1,5-11H2,2-3H3,(H,16,18). The van der Waals surface area contributed by atoms with Crippen LogP contribution in [-0.2, 0) is 14.3 Å². The molecule has 20 heavy (non-hydrogen) atoms. The van der Waals surface area contributed by atoms with E-state index in [2.05, 4.69) is 11.9 Å². The van der Waals surface area contributed by atoms with Crippen molar-refractivity contribution in [2.24, 2.45) is 0 Å². The van der Waals surface area contributed by atoms with Crippen LogP contribution in [0.3, 0.4) is 0 Å². The van der Waals surface area contributed by atoms with Gasteiger partial charge in [0.2, 0.25) is 11.8 Å². The fraction of sp³-hybridized carbons (Fsp3) is 0.733. The molecule has 0 aromatic rings. The maximum Gasteiger partial charge on any atom is 0.245 e. The van der Waals surface area contributed by atoms with Crippen LogP contribution in [0.25, 0.3) is 0 Å². The number of carbonyl (C=O) groups is 2. The van der Waals surface area contributed by atoms with E-state index in [4.69, 9.17) is 4.74 Å². The van der Waals surface area contributed by atoms with Crippen molar-refractivity contribution in [3.63, 3.8) is 0 Å². The van der Waals surface area contributed by atoms with Crippen LogP contribution < -0.4 is 5.32 Å². The lowest BCUT2D eigenvalue weighted by Gasteiger charge is -2.38. The second kappa shape index (κ2) is 8.74. The smallest absolute Gasteiger partial charge is 0.245 e. The number of piperazine rings is 1. The van der Waals surface area contributed by atoms with Gasteiger partial charge < -0.3 is 15.0 Å². The van der Waals surface area contributed by atoms with Gasteiger partial charge in [0.05, 0.1) is 13.2 Å². The highest BCUT2D eigenvalue weighted by Gasteiger charge is 2.38. The second-order valence-corrected chi connectivity index (χ2v) is 5.00. The van der Waals surface area contributed by atoms with E-state index in [0.29, 0.717) is 32.6 Å². The SMILES string of the molecule is C=CCCOCCN1C(=O)C(CCC)NC(=O)C1CC. The number of hydrogen-bond donors (Lipinski definition) is 1. The van der Waals surface area contributed by atoms with Crippen LogP contribution in [0.5, 0.6) is 0 Å². The van der Waals surface area contributed by atoms with Gasteiger partial charge in [-0.1, -0.05) is 26.3 Å². The van der Waals surface area contributed by atoms with Gasteiger partial charge in [0.25, 0.3) is 0 Å². The van der Waals surface area contributed by atoms with Gasteiger partial charge >= 0.3 is 0 Å². The molecule has 0 spiro atoms. The Labute approximate surface area is 121 Å². The molecule has 2 unspecified atom stereocenters. The fourth-order valence-electron chi connectivity index (χ4n) is 2.41. The van der Waals surface area contributed by atoms with E-state index < -0.39 is 0 Å². The van der Waals surface area contributed by atoms with Crippen molar-refractivity contribution >= 4 is 11.8 Å². The van der Waals surface area contributed by atoms with Crippen LogP contribution in [0.2, 0.25) is 0 Å². The van der Waals surface area contributed by atoms with Gasteiger partial charge in [0.1, 0.15) is 12.1 Å². The average Bonchev–Trinajstić information content (AvgIpc) is 2.43. The molecule has 0 aliphatic carbocycles. The molecular formula is C15H26N2O3. The van der Waals surface area contributed by atoms with Crippen LogP contribution in [0, 0.1) is 0 Å². The molecule has 1 saturated heterocycles. The fourth-order valence-corrected chi connectivity index (χ4v) is 2.41. The molecule has 1 rings (SSSR count). The van der Waals surface area contributed by atoms with Gasteiger partial charge in [-0.25, -0.2) is 0 Å². The Kier molecular flexibility index (Phi) is 7.30. The van der Waals surface area contributed by atoms with Gasteiger partial charge in [0.15, 0.2) is 0 Å². The lowest BCUT2D eigenvalue weighted by atomic mass is 10.0. The summed E-state index contributed by atoms with van der Waals surface area (Å²) in [7, 11) is 0. The molecule has 114 valence electrons. The third kappa shape index (κ3) is 4.34. The normalized spacial score (nSPS) is 22.8. The minimum atomic E-state index is -0.372. The summed E-state index contributed by atoms with van der Waals surface area (Å²) in [5.74, 6) is -0.0257. The van der Waals surface area contributed by atoms with Crippen LogP contribution >= 0.6 is 0 Å². The number of rotatable bonds is 9. The Morgan fingerprint density at radius 3 is 2.70 bits per heavy atom. The molecule has 0 radical (unpaired) electrons. The van der Waals surface area contributed by atoms with Gasteiger partial charge in [-0.3, -0.25) is 9.59 Å². The van der Waals surface area contributed by atoms with Crippen molar-refractivity contribution < 1.29 is 14.3 Å². The first-order valence-electron chi connectivity index (χ1n) is 7.45. The number of ether oxygens (including phenoxy) is 1. The molecule has 5 heteroatoms. The van der Waals surface area contributed by atoms with Gasteiger partial charge in [-0.05, 0) is 19.3 Å². The van der Waals surface area contributed by atoms with Gasteiger partial charge in [0, 0.05) is 6.54 Å². The van der Waals surface area contributed by atoms with Crippen LogP contribution in [0.4, 0.5) is 0 Å². The summed E-state index contributed by atoms with van der Waals surface area (Å²) in [5.41, 5.74) is 0. The summed E-state index contributed by atoms with van der Waals surface area (Å²) in [4.78, 5) is 26.1. The number of nitrogens with zero attached hydrogens (tertiary/aromatic N) is 1. The summed E-state index contributed by atoms with van der Waals surface area (Å²) in [6.07, 6.45) is 4.78. The molecule has 1 aliphatic heterocycles. The highest BCUT2D eigenvalue weighted by molar-refractivity contribution is 5.96. The minimum Gasteiger partial charge on any atom is -0.379 e. The van der Waals surface area contributed by atoms with Crippen molar-refractivity contribution in [1.29, 1.82) is 0 Å². The molecule has 2 atom stereocenters. The zero-order valence-corrected chi connectivity index (χ0v) is 12.6.